The number of benzene rings is 2. The van der Waals surface area contributed by atoms with E-state index >= 15 is 0 Å². The maximum atomic E-state index is 12.4. The number of carbonyl (C=O) groups is 2. The zero-order valence-electron chi connectivity index (χ0n) is 16.7. The van der Waals surface area contributed by atoms with Gasteiger partial charge in [0.2, 0.25) is 11.8 Å². The van der Waals surface area contributed by atoms with Gasteiger partial charge in [-0.1, -0.05) is 36.9 Å². The van der Waals surface area contributed by atoms with Gasteiger partial charge in [0.15, 0.2) is 0 Å². The van der Waals surface area contributed by atoms with Gasteiger partial charge in [0, 0.05) is 38.3 Å². The Morgan fingerprint density at radius 1 is 1.17 bits per heavy atom. The molecule has 150 valence electrons. The number of ether oxygens (including phenoxy) is 1. The quantitative estimate of drug-likeness (QED) is 0.505. The predicted molar refractivity (Wildman–Crippen MR) is 116 cm³/mol. The van der Waals surface area contributed by atoms with Gasteiger partial charge in [0.1, 0.15) is 12.4 Å². The molecule has 0 N–H and O–H groups in total. The summed E-state index contributed by atoms with van der Waals surface area (Å²) >= 11 is 0. The Bertz CT molecular complexity index is 885. The third-order valence-electron chi connectivity index (χ3n) is 4.78. The maximum Gasteiger partial charge on any atom is 0.246 e. The van der Waals surface area contributed by atoms with E-state index in [0.29, 0.717) is 19.6 Å². The molecular formula is C24H26N2O3. The lowest BCUT2D eigenvalue weighted by molar-refractivity contribution is -0.125. The minimum Gasteiger partial charge on any atom is -0.490 e. The van der Waals surface area contributed by atoms with Gasteiger partial charge in [-0.05, 0) is 47.9 Å². The summed E-state index contributed by atoms with van der Waals surface area (Å²) in [4.78, 5) is 27.7. The Morgan fingerprint density at radius 2 is 1.90 bits per heavy atom. The minimum absolute atomic E-state index is 0.0734. The molecule has 0 spiro atoms. The molecule has 0 bridgehead atoms. The van der Waals surface area contributed by atoms with Crippen LogP contribution in [-0.2, 0) is 16.1 Å². The number of nitrogens with zero attached hydrogens (tertiary/aromatic N) is 2. The first-order valence-corrected chi connectivity index (χ1v) is 9.73. The Morgan fingerprint density at radius 3 is 2.52 bits per heavy atom. The Hall–Kier alpha value is -3.34. The van der Waals surface area contributed by atoms with Gasteiger partial charge >= 0.3 is 0 Å². The first-order chi connectivity index (χ1) is 14.1. The van der Waals surface area contributed by atoms with Crippen LogP contribution in [0.3, 0.4) is 0 Å². The summed E-state index contributed by atoms with van der Waals surface area (Å²) in [5.74, 6) is 0.878. The monoisotopic (exact) mass is 390 g/mol. The molecule has 1 aliphatic rings. The molecule has 1 heterocycles. The molecule has 1 fully saturated rings. The average Bonchev–Trinajstić information content (AvgIpc) is 3.17. The lowest BCUT2D eigenvalue weighted by Crippen LogP contribution is -2.24. The van der Waals surface area contributed by atoms with Crippen molar-refractivity contribution in [2.45, 2.75) is 19.4 Å². The number of amides is 2. The molecule has 1 aliphatic heterocycles. The smallest absolute Gasteiger partial charge is 0.246 e. The van der Waals surface area contributed by atoms with Crippen molar-refractivity contribution in [1.29, 1.82) is 0 Å². The molecule has 0 aliphatic carbocycles. The van der Waals surface area contributed by atoms with Crippen LogP contribution in [0.5, 0.6) is 5.75 Å². The standard InChI is InChI=1S/C24H26N2O3/c1-3-17-29-22-13-8-20(9-14-22)18-25(2)23(27)15-10-19-6-11-21(12-7-19)26-16-4-5-24(26)28/h3,6-15H,1,4-5,16-18H2,2H3/b15-10+. The average molecular weight is 390 g/mol. The van der Waals surface area contributed by atoms with Crippen LogP contribution in [-0.4, -0.2) is 36.9 Å². The largest absolute Gasteiger partial charge is 0.490 e. The molecule has 5 nitrogen and oxygen atoms in total. The van der Waals surface area contributed by atoms with Gasteiger partial charge in [-0.15, -0.1) is 0 Å². The summed E-state index contributed by atoms with van der Waals surface area (Å²) < 4.78 is 5.47. The fourth-order valence-electron chi connectivity index (χ4n) is 3.18. The van der Waals surface area contributed by atoms with E-state index in [0.717, 1.165) is 35.5 Å². The summed E-state index contributed by atoms with van der Waals surface area (Å²) in [6.45, 7) is 5.39. The highest BCUT2D eigenvalue weighted by Crippen LogP contribution is 2.22. The van der Waals surface area contributed by atoms with Gasteiger partial charge < -0.3 is 14.5 Å². The summed E-state index contributed by atoms with van der Waals surface area (Å²) in [7, 11) is 1.77. The van der Waals surface area contributed by atoms with E-state index in [2.05, 4.69) is 6.58 Å². The number of likely N-dealkylation sites (N-methyl/N-ethyl adjacent to an activating group) is 1. The summed E-state index contributed by atoms with van der Waals surface area (Å²) in [5.41, 5.74) is 2.86. The van der Waals surface area contributed by atoms with Crippen LogP contribution >= 0.6 is 0 Å². The van der Waals surface area contributed by atoms with Gasteiger partial charge in [-0.2, -0.15) is 0 Å². The molecule has 0 aromatic heterocycles. The maximum absolute atomic E-state index is 12.4. The van der Waals surface area contributed by atoms with E-state index in [1.807, 2.05) is 48.5 Å². The molecule has 0 unspecified atom stereocenters. The normalized spacial score (nSPS) is 13.7. The highest BCUT2D eigenvalue weighted by molar-refractivity contribution is 5.95. The van der Waals surface area contributed by atoms with Gasteiger partial charge in [-0.25, -0.2) is 0 Å². The molecular weight excluding hydrogens is 364 g/mol. The molecule has 0 atom stereocenters. The second kappa shape index (κ2) is 9.73. The number of carbonyl (C=O) groups excluding carboxylic acids is 2. The van der Waals surface area contributed by atoms with Crippen molar-refractivity contribution in [3.8, 4) is 5.75 Å². The van der Waals surface area contributed by atoms with E-state index in [1.165, 1.54) is 0 Å². The summed E-state index contributed by atoms with van der Waals surface area (Å²) in [6.07, 6.45) is 6.59. The highest BCUT2D eigenvalue weighted by atomic mass is 16.5. The number of anilines is 1. The molecule has 3 rings (SSSR count). The van der Waals surface area contributed by atoms with Gasteiger partial charge in [0.25, 0.3) is 0 Å². The van der Waals surface area contributed by atoms with Crippen molar-refractivity contribution >= 4 is 23.6 Å². The molecule has 29 heavy (non-hydrogen) atoms. The zero-order valence-corrected chi connectivity index (χ0v) is 16.7. The summed E-state index contributed by atoms with van der Waals surface area (Å²) in [6, 6.07) is 15.4. The molecule has 2 amide bonds. The Kier molecular flexibility index (Phi) is 6.85. The van der Waals surface area contributed by atoms with Crippen LogP contribution in [0.2, 0.25) is 0 Å². The minimum atomic E-state index is -0.0734. The zero-order chi connectivity index (χ0) is 20.6. The van der Waals surface area contributed by atoms with Crippen LogP contribution in [0.1, 0.15) is 24.0 Å². The topological polar surface area (TPSA) is 49.9 Å². The van der Waals surface area contributed by atoms with Crippen molar-refractivity contribution in [1.82, 2.24) is 4.90 Å². The van der Waals surface area contributed by atoms with Crippen molar-refractivity contribution in [3.05, 3.63) is 78.4 Å². The van der Waals surface area contributed by atoms with Crippen LogP contribution in [0.15, 0.2) is 67.3 Å². The summed E-state index contributed by atoms with van der Waals surface area (Å²) in [5, 5.41) is 0. The van der Waals surface area contributed by atoms with E-state index in [4.69, 9.17) is 4.74 Å². The van der Waals surface area contributed by atoms with Gasteiger partial charge in [0.05, 0.1) is 0 Å². The van der Waals surface area contributed by atoms with Crippen LogP contribution in [0.4, 0.5) is 5.69 Å². The molecule has 2 aromatic carbocycles. The third-order valence-corrected chi connectivity index (χ3v) is 4.78. The van der Waals surface area contributed by atoms with Crippen molar-refractivity contribution in [2.75, 3.05) is 25.1 Å². The van der Waals surface area contributed by atoms with Crippen molar-refractivity contribution in [3.63, 3.8) is 0 Å². The molecule has 0 saturated carbocycles. The van der Waals surface area contributed by atoms with Gasteiger partial charge in [-0.3, -0.25) is 9.59 Å². The first-order valence-electron chi connectivity index (χ1n) is 9.73. The fraction of sp³-hybridized carbons (Fsp3) is 0.250. The molecule has 2 aromatic rings. The number of hydrogen-bond donors (Lipinski definition) is 0. The molecule has 5 heteroatoms. The third kappa shape index (κ3) is 5.57. The lowest BCUT2D eigenvalue weighted by Gasteiger charge is -2.16. The fourth-order valence-corrected chi connectivity index (χ4v) is 3.18. The van der Waals surface area contributed by atoms with Crippen molar-refractivity contribution < 1.29 is 14.3 Å². The second-order valence-electron chi connectivity index (χ2n) is 7.01. The molecule has 0 radical (unpaired) electrons. The Labute approximate surface area is 171 Å². The van der Waals surface area contributed by atoms with E-state index in [-0.39, 0.29) is 11.8 Å². The Balaban J connectivity index is 1.54. The number of rotatable bonds is 8. The lowest BCUT2D eigenvalue weighted by atomic mass is 10.1. The second-order valence-corrected chi connectivity index (χ2v) is 7.01. The van der Waals surface area contributed by atoms with E-state index < -0.39 is 0 Å². The van der Waals surface area contributed by atoms with Crippen LogP contribution in [0, 0.1) is 0 Å². The van der Waals surface area contributed by atoms with Crippen LogP contribution < -0.4 is 9.64 Å². The number of hydrogen-bond acceptors (Lipinski definition) is 3. The SMILES string of the molecule is C=CCOc1ccc(CN(C)C(=O)/C=C/c2ccc(N3CCCC3=O)cc2)cc1. The van der Waals surface area contributed by atoms with E-state index in [9.17, 15) is 9.59 Å². The van der Waals surface area contributed by atoms with Crippen LogP contribution in [0.25, 0.3) is 6.08 Å². The predicted octanol–water partition coefficient (Wildman–Crippen LogP) is 4.05. The van der Waals surface area contributed by atoms with E-state index in [1.54, 1.807) is 35.1 Å². The first kappa shape index (κ1) is 20.4. The highest BCUT2D eigenvalue weighted by Gasteiger charge is 2.21. The molecule has 1 saturated heterocycles. The van der Waals surface area contributed by atoms with Crippen molar-refractivity contribution in [2.24, 2.45) is 0 Å².